The molecular formula is C5H4BrKN2O3S. The van der Waals surface area contributed by atoms with Gasteiger partial charge < -0.3 is 10.3 Å². The molecule has 0 bridgehead atoms. The third-order valence-corrected chi connectivity index (χ3v) is 2.57. The monoisotopic (exact) mass is 290 g/mol. The van der Waals surface area contributed by atoms with Crippen molar-refractivity contribution in [3.8, 4) is 0 Å². The largest absolute Gasteiger partial charge is 1.00 e. The van der Waals surface area contributed by atoms with E-state index in [1.54, 1.807) is 0 Å². The Hall–Kier alpha value is 0.976. The Morgan fingerprint density at radius 1 is 1.54 bits per heavy atom. The second-order valence-electron chi connectivity index (χ2n) is 1.99. The summed E-state index contributed by atoms with van der Waals surface area (Å²) < 4.78 is 31.6. The quantitative estimate of drug-likeness (QED) is 0.450. The van der Waals surface area contributed by atoms with Crippen molar-refractivity contribution in [1.82, 2.24) is 4.98 Å². The molecule has 0 spiro atoms. The first-order valence-electron chi connectivity index (χ1n) is 2.78. The van der Waals surface area contributed by atoms with Crippen LogP contribution in [-0.2, 0) is 10.1 Å². The molecule has 0 fully saturated rings. The Morgan fingerprint density at radius 2 is 2.08 bits per heavy atom. The Balaban J connectivity index is 0.00000144. The molecule has 2 N–H and O–H groups in total. The van der Waals surface area contributed by atoms with Crippen LogP contribution >= 0.6 is 15.9 Å². The van der Waals surface area contributed by atoms with Crippen LogP contribution in [0.4, 0.5) is 5.82 Å². The van der Waals surface area contributed by atoms with Gasteiger partial charge in [-0.3, -0.25) is 0 Å². The van der Waals surface area contributed by atoms with Gasteiger partial charge in [-0.2, -0.15) is 0 Å². The van der Waals surface area contributed by atoms with E-state index in [0.717, 1.165) is 12.3 Å². The predicted octanol–water partition coefficient (Wildman–Crippen LogP) is -2.67. The van der Waals surface area contributed by atoms with E-state index in [-0.39, 0.29) is 57.2 Å². The van der Waals surface area contributed by atoms with Gasteiger partial charge >= 0.3 is 51.4 Å². The molecule has 0 aliphatic rings. The van der Waals surface area contributed by atoms with Crippen molar-refractivity contribution in [2.45, 2.75) is 4.90 Å². The minimum absolute atomic E-state index is 0. The first-order chi connectivity index (χ1) is 5.41. The molecule has 1 heterocycles. The van der Waals surface area contributed by atoms with Gasteiger partial charge in [0, 0.05) is 6.20 Å². The van der Waals surface area contributed by atoms with Gasteiger partial charge in [-0.05, 0) is 22.0 Å². The minimum Gasteiger partial charge on any atom is -0.744 e. The third kappa shape index (κ3) is 3.92. The number of nitrogens with two attached hydrogens (primary N) is 1. The van der Waals surface area contributed by atoms with E-state index in [1.807, 2.05) is 0 Å². The van der Waals surface area contributed by atoms with Gasteiger partial charge in [0.05, 0.1) is 9.37 Å². The fraction of sp³-hybridized carbons (Fsp3) is 0. The van der Waals surface area contributed by atoms with Gasteiger partial charge in [0.15, 0.2) is 0 Å². The first kappa shape index (κ1) is 14.0. The van der Waals surface area contributed by atoms with E-state index in [2.05, 4.69) is 20.9 Å². The van der Waals surface area contributed by atoms with Gasteiger partial charge in [-0.1, -0.05) is 0 Å². The van der Waals surface area contributed by atoms with Crippen LogP contribution in [0.15, 0.2) is 21.6 Å². The van der Waals surface area contributed by atoms with E-state index < -0.39 is 15.0 Å². The Kier molecular flexibility index (Phi) is 5.56. The Bertz CT molecular complexity index is 408. The summed E-state index contributed by atoms with van der Waals surface area (Å²) in [4.78, 5) is 3.10. The van der Waals surface area contributed by atoms with Gasteiger partial charge in [0.2, 0.25) is 0 Å². The molecule has 0 radical (unpaired) electrons. The standard InChI is InChI=1S/C5H5BrN2O3S.K/c6-4-1-3(12(9,10)11)2-8-5(4)7;/h1-2H,(H2,7,8)(H,9,10,11);/q;+1/p-1. The zero-order chi connectivity index (χ0) is 9.35. The number of aromatic nitrogens is 1. The summed E-state index contributed by atoms with van der Waals surface area (Å²) in [5.41, 5.74) is 5.28. The van der Waals surface area contributed by atoms with Crippen LogP contribution in [0.1, 0.15) is 0 Å². The molecule has 1 aromatic rings. The molecule has 0 aliphatic heterocycles. The van der Waals surface area contributed by atoms with Crippen LogP contribution in [0.5, 0.6) is 0 Å². The number of halogens is 1. The average molecular weight is 291 g/mol. The maximum absolute atomic E-state index is 10.4. The van der Waals surface area contributed by atoms with Crippen molar-refractivity contribution in [3.05, 3.63) is 16.7 Å². The molecule has 0 saturated heterocycles. The van der Waals surface area contributed by atoms with E-state index in [9.17, 15) is 13.0 Å². The van der Waals surface area contributed by atoms with Crippen molar-refractivity contribution < 1.29 is 64.4 Å². The molecule has 0 atom stereocenters. The van der Waals surface area contributed by atoms with Crippen LogP contribution in [0, 0.1) is 0 Å². The molecule has 0 amide bonds. The molecule has 0 saturated carbocycles. The van der Waals surface area contributed by atoms with Crippen LogP contribution in [-0.4, -0.2) is 18.0 Å². The van der Waals surface area contributed by atoms with Gasteiger partial charge in [0.25, 0.3) is 0 Å². The first-order valence-corrected chi connectivity index (χ1v) is 4.98. The van der Waals surface area contributed by atoms with E-state index in [0.29, 0.717) is 4.47 Å². The second kappa shape index (κ2) is 5.17. The molecule has 1 aromatic heterocycles. The summed E-state index contributed by atoms with van der Waals surface area (Å²) in [5, 5.41) is 0. The van der Waals surface area contributed by atoms with E-state index in [1.165, 1.54) is 0 Å². The summed E-state index contributed by atoms with van der Waals surface area (Å²) >= 11 is 2.95. The van der Waals surface area contributed by atoms with Crippen molar-refractivity contribution in [1.29, 1.82) is 0 Å². The predicted molar refractivity (Wildman–Crippen MR) is 44.3 cm³/mol. The average Bonchev–Trinajstić information content (AvgIpc) is 1.92. The molecule has 13 heavy (non-hydrogen) atoms. The van der Waals surface area contributed by atoms with E-state index >= 15 is 0 Å². The number of nitrogen functional groups attached to an aromatic ring is 1. The van der Waals surface area contributed by atoms with Crippen LogP contribution in [0.25, 0.3) is 0 Å². The normalized spacial score (nSPS) is 10.6. The smallest absolute Gasteiger partial charge is 0.744 e. The van der Waals surface area contributed by atoms with Crippen molar-refractivity contribution in [2.24, 2.45) is 0 Å². The SMILES string of the molecule is Nc1ncc(S(=O)(=O)[O-])cc1Br.[K+]. The fourth-order valence-corrected chi connectivity index (χ4v) is 1.51. The number of anilines is 1. The molecule has 5 nitrogen and oxygen atoms in total. The molecule has 0 aromatic carbocycles. The summed E-state index contributed by atoms with van der Waals surface area (Å²) in [6.07, 6.45) is 0.919. The van der Waals surface area contributed by atoms with Crippen molar-refractivity contribution in [3.63, 3.8) is 0 Å². The summed E-state index contributed by atoms with van der Waals surface area (Å²) in [6.45, 7) is 0. The maximum atomic E-state index is 10.4. The number of hydrogen-bond acceptors (Lipinski definition) is 5. The molecular weight excluding hydrogens is 287 g/mol. The minimum atomic E-state index is -4.44. The van der Waals surface area contributed by atoms with Gasteiger partial charge in [-0.25, -0.2) is 13.4 Å². The molecule has 1 rings (SSSR count). The maximum Gasteiger partial charge on any atom is 1.00 e. The van der Waals surface area contributed by atoms with Crippen LogP contribution in [0.2, 0.25) is 0 Å². The van der Waals surface area contributed by atoms with Crippen LogP contribution in [0.3, 0.4) is 0 Å². The molecule has 0 aliphatic carbocycles. The molecule has 66 valence electrons. The van der Waals surface area contributed by atoms with Crippen molar-refractivity contribution >= 4 is 31.9 Å². The summed E-state index contributed by atoms with van der Waals surface area (Å²) in [6, 6.07) is 1.12. The van der Waals surface area contributed by atoms with Gasteiger partial charge in [0.1, 0.15) is 15.9 Å². The number of rotatable bonds is 1. The zero-order valence-corrected chi connectivity index (χ0v) is 12.2. The third-order valence-electron chi connectivity index (χ3n) is 1.13. The van der Waals surface area contributed by atoms with Crippen LogP contribution < -0.4 is 57.1 Å². The number of pyridine rings is 1. The van der Waals surface area contributed by atoms with Crippen molar-refractivity contribution in [2.75, 3.05) is 5.73 Å². The summed E-state index contributed by atoms with van der Waals surface area (Å²) in [7, 11) is -4.44. The topological polar surface area (TPSA) is 96.1 Å². The zero-order valence-electron chi connectivity index (χ0n) is 6.69. The Labute approximate surface area is 126 Å². The number of nitrogens with zero attached hydrogens (tertiary/aromatic N) is 1. The molecule has 0 unspecified atom stereocenters. The Morgan fingerprint density at radius 3 is 2.46 bits per heavy atom. The van der Waals surface area contributed by atoms with Gasteiger partial charge in [-0.15, -0.1) is 0 Å². The molecule has 8 heteroatoms. The summed E-state index contributed by atoms with van der Waals surface area (Å²) in [5.74, 6) is 0.141. The second-order valence-corrected chi connectivity index (χ2v) is 4.23. The van der Waals surface area contributed by atoms with E-state index in [4.69, 9.17) is 5.73 Å². The fourth-order valence-electron chi connectivity index (χ4n) is 0.568. The number of hydrogen-bond donors (Lipinski definition) is 1.